The summed E-state index contributed by atoms with van der Waals surface area (Å²) in [7, 11) is 0. The highest BCUT2D eigenvalue weighted by atomic mass is 16.1. The van der Waals surface area contributed by atoms with E-state index in [2.05, 4.69) is 50.2 Å². The van der Waals surface area contributed by atoms with E-state index in [0.717, 1.165) is 18.4 Å². The Labute approximate surface area is 121 Å². The van der Waals surface area contributed by atoms with Gasteiger partial charge in [-0.2, -0.15) is 0 Å². The number of carbonyl (C=O) groups is 1. The molecule has 1 nitrogen and oxygen atoms in total. The molecule has 0 heterocycles. The number of hydrogen-bond acceptors (Lipinski definition) is 1. The molecule has 0 N–H and O–H groups in total. The molecule has 2 aromatic carbocycles. The van der Waals surface area contributed by atoms with E-state index in [1.165, 1.54) is 11.1 Å². The van der Waals surface area contributed by atoms with Gasteiger partial charge in [-0.25, -0.2) is 0 Å². The van der Waals surface area contributed by atoms with Crippen LogP contribution in [0.25, 0.3) is 0 Å². The Bertz CT molecular complexity index is 538. The van der Waals surface area contributed by atoms with Gasteiger partial charge in [0, 0.05) is 12.0 Å². The molecule has 0 aliphatic heterocycles. The average Bonchev–Trinajstić information content (AvgIpc) is 2.46. The summed E-state index contributed by atoms with van der Waals surface area (Å²) >= 11 is 0. The lowest BCUT2D eigenvalue weighted by molar-refractivity contribution is 0.0975. The minimum absolute atomic E-state index is 0.255. The van der Waals surface area contributed by atoms with Crippen LogP contribution in [0.1, 0.15) is 48.2 Å². The number of Topliss-reactive ketones (excluding diaryl/α,β-unsaturated/α-hetero) is 1. The first-order chi connectivity index (χ1) is 9.65. The zero-order valence-electron chi connectivity index (χ0n) is 12.3. The van der Waals surface area contributed by atoms with Gasteiger partial charge in [0.25, 0.3) is 0 Å². The van der Waals surface area contributed by atoms with Crippen LogP contribution in [-0.4, -0.2) is 5.78 Å². The summed E-state index contributed by atoms with van der Waals surface area (Å²) in [5.74, 6) is 0.835. The van der Waals surface area contributed by atoms with Crippen molar-refractivity contribution in [2.75, 3.05) is 0 Å². The van der Waals surface area contributed by atoms with Gasteiger partial charge in [0.15, 0.2) is 5.78 Å². The van der Waals surface area contributed by atoms with Crippen molar-refractivity contribution in [3.63, 3.8) is 0 Å². The van der Waals surface area contributed by atoms with Crippen molar-refractivity contribution in [3.8, 4) is 0 Å². The Kier molecular flexibility index (Phi) is 5.11. The highest BCUT2D eigenvalue weighted by Crippen LogP contribution is 2.14. The van der Waals surface area contributed by atoms with Gasteiger partial charge in [-0.3, -0.25) is 4.79 Å². The SMILES string of the molecule is CC(C)CCC(=O)c1ccc(Cc2ccccc2)cc1. The summed E-state index contributed by atoms with van der Waals surface area (Å²) in [6.07, 6.45) is 2.53. The fraction of sp³-hybridized carbons (Fsp3) is 0.316. The van der Waals surface area contributed by atoms with Crippen molar-refractivity contribution in [3.05, 3.63) is 71.3 Å². The zero-order valence-corrected chi connectivity index (χ0v) is 12.3. The van der Waals surface area contributed by atoms with E-state index >= 15 is 0 Å². The Balaban J connectivity index is 1.97. The standard InChI is InChI=1S/C19H22O/c1-15(2)8-13-19(20)18-11-9-17(10-12-18)14-16-6-4-3-5-7-16/h3-7,9-12,15H,8,13-14H2,1-2H3. The predicted molar refractivity (Wildman–Crippen MR) is 84.1 cm³/mol. The Morgan fingerprint density at radius 1 is 0.900 bits per heavy atom. The van der Waals surface area contributed by atoms with Crippen molar-refractivity contribution in [1.82, 2.24) is 0 Å². The largest absolute Gasteiger partial charge is 0.294 e. The van der Waals surface area contributed by atoms with Gasteiger partial charge in [-0.05, 0) is 29.9 Å². The molecule has 0 bridgehead atoms. The minimum Gasteiger partial charge on any atom is -0.294 e. The van der Waals surface area contributed by atoms with Crippen LogP contribution in [0, 0.1) is 5.92 Å². The van der Waals surface area contributed by atoms with Crippen LogP contribution >= 0.6 is 0 Å². The topological polar surface area (TPSA) is 17.1 Å². The van der Waals surface area contributed by atoms with E-state index in [0.29, 0.717) is 12.3 Å². The molecule has 2 aromatic rings. The normalized spacial score (nSPS) is 10.8. The molecule has 0 saturated heterocycles. The van der Waals surface area contributed by atoms with E-state index in [4.69, 9.17) is 0 Å². The molecule has 0 radical (unpaired) electrons. The number of rotatable bonds is 6. The summed E-state index contributed by atoms with van der Waals surface area (Å²) in [6.45, 7) is 4.30. The number of hydrogen-bond donors (Lipinski definition) is 0. The van der Waals surface area contributed by atoms with Crippen LogP contribution in [-0.2, 0) is 6.42 Å². The summed E-state index contributed by atoms with van der Waals surface area (Å²) < 4.78 is 0. The summed E-state index contributed by atoms with van der Waals surface area (Å²) in [4.78, 5) is 12.0. The van der Waals surface area contributed by atoms with Crippen molar-refractivity contribution >= 4 is 5.78 Å². The molecule has 0 aromatic heterocycles. The van der Waals surface area contributed by atoms with Gasteiger partial charge in [-0.1, -0.05) is 68.4 Å². The van der Waals surface area contributed by atoms with Crippen LogP contribution in [0.5, 0.6) is 0 Å². The third-order valence-electron chi connectivity index (χ3n) is 3.48. The second-order valence-electron chi connectivity index (χ2n) is 5.71. The van der Waals surface area contributed by atoms with Gasteiger partial charge in [-0.15, -0.1) is 0 Å². The summed E-state index contributed by atoms with van der Waals surface area (Å²) in [5, 5.41) is 0. The molecule has 0 unspecified atom stereocenters. The number of benzene rings is 2. The van der Waals surface area contributed by atoms with Gasteiger partial charge in [0.2, 0.25) is 0 Å². The maximum absolute atomic E-state index is 12.0. The molecule has 20 heavy (non-hydrogen) atoms. The first-order valence-electron chi connectivity index (χ1n) is 7.31. The monoisotopic (exact) mass is 266 g/mol. The van der Waals surface area contributed by atoms with E-state index in [1.807, 2.05) is 18.2 Å². The minimum atomic E-state index is 0.255. The summed E-state index contributed by atoms with van der Waals surface area (Å²) in [5.41, 5.74) is 3.38. The second-order valence-corrected chi connectivity index (χ2v) is 5.71. The lowest BCUT2D eigenvalue weighted by atomic mass is 9.99. The molecule has 0 amide bonds. The predicted octanol–water partition coefficient (Wildman–Crippen LogP) is 4.90. The molecule has 0 saturated carbocycles. The maximum atomic E-state index is 12.0. The average molecular weight is 266 g/mol. The molecular formula is C19H22O. The highest BCUT2D eigenvalue weighted by molar-refractivity contribution is 5.96. The molecule has 1 heteroatoms. The highest BCUT2D eigenvalue weighted by Gasteiger charge is 2.07. The van der Waals surface area contributed by atoms with Crippen LogP contribution < -0.4 is 0 Å². The Morgan fingerprint density at radius 3 is 2.10 bits per heavy atom. The van der Waals surface area contributed by atoms with Crippen molar-refractivity contribution in [1.29, 1.82) is 0 Å². The summed E-state index contributed by atoms with van der Waals surface area (Å²) in [6, 6.07) is 18.4. The number of carbonyl (C=O) groups excluding carboxylic acids is 1. The van der Waals surface area contributed by atoms with Crippen LogP contribution in [0.4, 0.5) is 0 Å². The molecule has 0 atom stereocenters. The van der Waals surface area contributed by atoms with E-state index in [-0.39, 0.29) is 5.78 Å². The number of ketones is 1. The van der Waals surface area contributed by atoms with E-state index < -0.39 is 0 Å². The van der Waals surface area contributed by atoms with Crippen molar-refractivity contribution in [2.45, 2.75) is 33.1 Å². The van der Waals surface area contributed by atoms with Crippen LogP contribution in [0.3, 0.4) is 0 Å². The Hall–Kier alpha value is -1.89. The first kappa shape index (κ1) is 14.5. The van der Waals surface area contributed by atoms with Crippen LogP contribution in [0.15, 0.2) is 54.6 Å². The van der Waals surface area contributed by atoms with E-state index in [1.54, 1.807) is 0 Å². The second kappa shape index (κ2) is 7.04. The smallest absolute Gasteiger partial charge is 0.162 e. The first-order valence-corrected chi connectivity index (χ1v) is 7.31. The molecule has 2 rings (SSSR count). The van der Waals surface area contributed by atoms with Gasteiger partial charge >= 0.3 is 0 Å². The zero-order chi connectivity index (χ0) is 14.4. The molecule has 0 aliphatic carbocycles. The molecule has 0 fully saturated rings. The fourth-order valence-corrected chi connectivity index (χ4v) is 2.20. The third kappa shape index (κ3) is 4.34. The third-order valence-corrected chi connectivity index (χ3v) is 3.48. The fourth-order valence-electron chi connectivity index (χ4n) is 2.20. The molecule has 0 aliphatic rings. The Morgan fingerprint density at radius 2 is 1.50 bits per heavy atom. The molecular weight excluding hydrogens is 244 g/mol. The van der Waals surface area contributed by atoms with Gasteiger partial charge in [0.05, 0.1) is 0 Å². The van der Waals surface area contributed by atoms with Crippen molar-refractivity contribution < 1.29 is 4.79 Å². The van der Waals surface area contributed by atoms with Crippen molar-refractivity contribution in [2.24, 2.45) is 5.92 Å². The maximum Gasteiger partial charge on any atom is 0.162 e. The van der Waals surface area contributed by atoms with Gasteiger partial charge < -0.3 is 0 Å². The van der Waals surface area contributed by atoms with Crippen LogP contribution in [0.2, 0.25) is 0 Å². The quantitative estimate of drug-likeness (QED) is 0.680. The van der Waals surface area contributed by atoms with E-state index in [9.17, 15) is 4.79 Å². The molecule has 0 spiro atoms. The lowest BCUT2D eigenvalue weighted by Crippen LogP contribution is -2.01. The lowest BCUT2D eigenvalue weighted by Gasteiger charge is -2.06. The van der Waals surface area contributed by atoms with Gasteiger partial charge in [0.1, 0.15) is 0 Å². The molecule has 104 valence electrons.